The summed E-state index contributed by atoms with van der Waals surface area (Å²) in [4.78, 5) is 6.56. The van der Waals surface area contributed by atoms with Gasteiger partial charge in [0.15, 0.2) is 0 Å². The Bertz CT molecular complexity index is 325. The van der Waals surface area contributed by atoms with Crippen molar-refractivity contribution in [2.24, 2.45) is 0 Å². The number of aromatic nitrogens is 1. The number of hydrogen-bond donors (Lipinski definition) is 1. The average Bonchev–Trinajstić information content (AvgIpc) is 2.26. The van der Waals surface area contributed by atoms with Crippen LogP contribution in [0.25, 0.3) is 0 Å². The molecule has 0 spiro atoms. The van der Waals surface area contributed by atoms with E-state index in [-0.39, 0.29) is 0 Å². The van der Waals surface area contributed by atoms with Gasteiger partial charge >= 0.3 is 0 Å². The molecule has 0 aliphatic carbocycles. The lowest BCUT2D eigenvalue weighted by atomic mass is 10.1. The van der Waals surface area contributed by atoms with Gasteiger partial charge in [-0.3, -0.25) is 0 Å². The number of aliphatic hydroxyl groups is 1. The lowest BCUT2D eigenvalue weighted by molar-refractivity contribution is 0.172. The van der Waals surface area contributed by atoms with Crippen LogP contribution in [0.4, 0.5) is 5.82 Å². The third-order valence-electron chi connectivity index (χ3n) is 2.72. The summed E-state index contributed by atoms with van der Waals surface area (Å²) in [7, 11) is 2.01. The normalized spacial score (nSPS) is 12.6. The Morgan fingerprint density at radius 3 is 2.53 bits per heavy atom. The van der Waals surface area contributed by atoms with Crippen LogP contribution in [-0.4, -0.2) is 23.7 Å². The number of aliphatic hydroxyl groups excluding tert-OH is 1. The summed E-state index contributed by atoms with van der Waals surface area (Å²) in [6, 6.07) is 3.93. The van der Waals surface area contributed by atoms with E-state index in [1.165, 1.54) is 0 Å². The van der Waals surface area contributed by atoms with Gasteiger partial charge in [0.05, 0.1) is 6.10 Å². The van der Waals surface area contributed by atoms with Crippen LogP contribution < -0.4 is 4.90 Å². The van der Waals surface area contributed by atoms with E-state index >= 15 is 0 Å². The second kappa shape index (κ2) is 5.12. The molecule has 3 heteroatoms. The molecule has 3 nitrogen and oxygen atoms in total. The molecule has 0 aromatic carbocycles. The van der Waals surface area contributed by atoms with Crippen molar-refractivity contribution in [3.8, 4) is 0 Å². The van der Waals surface area contributed by atoms with Gasteiger partial charge in [0.25, 0.3) is 0 Å². The molecule has 0 unspecified atom stereocenters. The van der Waals surface area contributed by atoms with E-state index < -0.39 is 6.10 Å². The van der Waals surface area contributed by atoms with E-state index in [1.54, 1.807) is 0 Å². The van der Waals surface area contributed by atoms with E-state index in [9.17, 15) is 5.11 Å². The minimum absolute atomic E-state index is 0.390. The van der Waals surface area contributed by atoms with Crippen molar-refractivity contribution in [2.75, 3.05) is 18.5 Å². The van der Waals surface area contributed by atoms with Crippen LogP contribution in [0.5, 0.6) is 0 Å². The quantitative estimate of drug-likeness (QED) is 0.824. The van der Waals surface area contributed by atoms with Crippen LogP contribution in [0, 0.1) is 6.92 Å². The second-order valence-electron chi connectivity index (χ2n) is 3.78. The maximum atomic E-state index is 9.74. The van der Waals surface area contributed by atoms with Gasteiger partial charge in [0.2, 0.25) is 0 Å². The van der Waals surface area contributed by atoms with Gasteiger partial charge in [-0.25, -0.2) is 4.98 Å². The molecule has 1 aromatic heterocycles. The third-order valence-corrected chi connectivity index (χ3v) is 2.72. The highest BCUT2D eigenvalue weighted by Gasteiger charge is 2.10. The van der Waals surface area contributed by atoms with Crippen LogP contribution in [0.2, 0.25) is 0 Å². The van der Waals surface area contributed by atoms with Crippen molar-refractivity contribution in [1.82, 2.24) is 4.98 Å². The van der Waals surface area contributed by atoms with Crippen LogP contribution >= 0.6 is 0 Å². The van der Waals surface area contributed by atoms with Gasteiger partial charge in [-0.1, -0.05) is 13.0 Å². The van der Waals surface area contributed by atoms with Crippen molar-refractivity contribution in [2.45, 2.75) is 33.3 Å². The Balaban J connectivity index is 2.97. The van der Waals surface area contributed by atoms with Gasteiger partial charge in [0.1, 0.15) is 5.82 Å². The lowest BCUT2D eigenvalue weighted by Gasteiger charge is -2.18. The predicted molar refractivity (Wildman–Crippen MR) is 63.2 cm³/mol. The van der Waals surface area contributed by atoms with Crippen LogP contribution in [-0.2, 0) is 0 Å². The SMILES string of the molecule is CC[C@H](O)c1ccc(N(C)CC)nc1C. The van der Waals surface area contributed by atoms with Gasteiger partial charge in [-0.2, -0.15) is 0 Å². The van der Waals surface area contributed by atoms with Gasteiger partial charge < -0.3 is 10.0 Å². The van der Waals surface area contributed by atoms with E-state index in [0.717, 1.165) is 30.0 Å². The fraction of sp³-hybridized carbons (Fsp3) is 0.583. The molecule has 1 N–H and O–H groups in total. The first-order valence-corrected chi connectivity index (χ1v) is 5.46. The van der Waals surface area contributed by atoms with Gasteiger partial charge in [-0.15, -0.1) is 0 Å². The number of anilines is 1. The van der Waals surface area contributed by atoms with Gasteiger partial charge in [0, 0.05) is 24.8 Å². The van der Waals surface area contributed by atoms with Crippen molar-refractivity contribution in [3.63, 3.8) is 0 Å². The monoisotopic (exact) mass is 208 g/mol. The smallest absolute Gasteiger partial charge is 0.128 e. The molecule has 15 heavy (non-hydrogen) atoms. The zero-order valence-corrected chi connectivity index (χ0v) is 9.99. The maximum Gasteiger partial charge on any atom is 0.128 e. The molecule has 0 bridgehead atoms. The van der Waals surface area contributed by atoms with Gasteiger partial charge in [-0.05, 0) is 26.3 Å². The molecular formula is C12H20N2O. The fourth-order valence-electron chi connectivity index (χ4n) is 1.51. The molecule has 0 radical (unpaired) electrons. The summed E-state index contributed by atoms with van der Waals surface area (Å²) in [5.74, 6) is 0.960. The first-order chi connectivity index (χ1) is 7.10. The molecule has 1 atom stereocenters. The minimum Gasteiger partial charge on any atom is -0.388 e. The minimum atomic E-state index is -0.390. The summed E-state index contributed by atoms with van der Waals surface area (Å²) in [6.45, 7) is 6.94. The standard InChI is InChI=1S/C12H20N2O/c1-5-11(15)10-7-8-12(13-9(10)3)14(4)6-2/h7-8,11,15H,5-6H2,1-4H3/t11-/m0/s1. The lowest BCUT2D eigenvalue weighted by Crippen LogP contribution is -2.18. The highest BCUT2D eigenvalue weighted by molar-refractivity contribution is 5.41. The molecule has 1 heterocycles. The van der Waals surface area contributed by atoms with E-state index in [1.807, 2.05) is 33.0 Å². The number of pyridine rings is 1. The summed E-state index contributed by atoms with van der Waals surface area (Å²) in [6.07, 6.45) is 0.337. The fourth-order valence-corrected chi connectivity index (χ4v) is 1.51. The molecule has 0 amide bonds. The molecular weight excluding hydrogens is 188 g/mol. The predicted octanol–water partition coefficient (Wildman–Crippen LogP) is 2.29. The topological polar surface area (TPSA) is 36.4 Å². The zero-order chi connectivity index (χ0) is 11.4. The van der Waals surface area contributed by atoms with E-state index in [4.69, 9.17) is 0 Å². The van der Waals surface area contributed by atoms with Crippen molar-refractivity contribution >= 4 is 5.82 Å². The summed E-state index contributed by atoms with van der Waals surface area (Å²) >= 11 is 0. The Hall–Kier alpha value is -1.09. The Labute approximate surface area is 91.8 Å². The Morgan fingerprint density at radius 1 is 1.40 bits per heavy atom. The molecule has 0 aliphatic rings. The molecule has 0 aliphatic heterocycles. The van der Waals surface area contributed by atoms with Crippen molar-refractivity contribution < 1.29 is 5.11 Å². The third kappa shape index (κ3) is 2.69. The molecule has 1 rings (SSSR count). The average molecular weight is 208 g/mol. The summed E-state index contributed by atoms with van der Waals surface area (Å²) in [5, 5.41) is 9.74. The molecule has 0 fully saturated rings. The zero-order valence-electron chi connectivity index (χ0n) is 9.99. The number of rotatable bonds is 4. The van der Waals surface area contributed by atoms with Crippen LogP contribution in [0.15, 0.2) is 12.1 Å². The first-order valence-electron chi connectivity index (χ1n) is 5.46. The molecule has 1 aromatic rings. The Morgan fingerprint density at radius 2 is 2.07 bits per heavy atom. The Kier molecular flexibility index (Phi) is 4.09. The first kappa shape index (κ1) is 12.0. The highest BCUT2D eigenvalue weighted by atomic mass is 16.3. The maximum absolute atomic E-state index is 9.74. The van der Waals surface area contributed by atoms with E-state index in [2.05, 4.69) is 16.8 Å². The summed E-state index contributed by atoms with van der Waals surface area (Å²) in [5.41, 5.74) is 1.85. The molecule has 0 saturated heterocycles. The van der Waals surface area contributed by atoms with Crippen molar-refractivity contribution in [3.05, 3.63) is 23.4 Å². The summed E-state index contributed by atoms with van der Waals surface area (Å²) < 4.78 is 0. The van der Waals surface area contributed by atoms with Crippen molar-refractivity contribution in [1.29, 1.82) is 0 Å². The molecule has 0 saturated carbocycles. The largest absolute Gasteiger partial charge is 0.388 e. The number of hydrogen-bond acceptors (Lipinski definition) is 3. The van der Waals surface area contributed by atoms with Crippen LogP contribution in [0.3, 0.4) is 0 Å². The number of nitrogens with zero attached hydrogens (tertiary/aromatic N) is 2. The second-order valence-corrected chi connectivity index (χ2v) is 3.78. The van der Waals surface area contributed by atoms with Crippen LogP contribution in [0.1, 0.15) is 37.6 Å². The number of aryl methyl sites for hydroxylation is 1. The highest BCUT2D eigenvalue weighted by Crippen LogP contribution is 2.21. The molecule has 84 valence electrons. The van der Waals surface area contributed by atoms with E-state index in [0.29, 0.717) is 0 Å².